The molecule has 3 aromatic carbocycles. The molecule has 3 heterocycles. The predicted molar refractivity (Wildman–Crippen MR) is 166 cm³/mol. The summed E-state index contributed by atoms with van der Waals surface area (Å²) in [5.74, 6) is -0.711. The van der Waals surface area contributed by atoms with Gasteiger partial charge in [0.2, 0.25) is 0 Å². The summed E-state index contributed by atoms with van der Waals surface area (Å²) in [5.41, 5.74) is 3.32. The number of ether oxygens (including phenoxy) is 3. The van der Waals surface area contributed by atoms with E-state index in [-0.39, 0.29) is 24.8 Å². The van der Waals surface area contributed by atoms with Crippen LogP contribution in [0.3, 0.4) is 0 Å². The SMILES string of the molecule is O=C(COc1ccccc1)OCC1=C(C(=O)OC(c2ccccc2)c2ccccc2)N2C(=O)/C(=C/c3ccccn3)[C@H]2SC1. The van der Waals surface area contributed by atoms with Crippen molar-refractivity contribution in [2.45, 2.75) is 11.5 Å². The van der Waals surface area contributed by atoms with Crippen LogP contribution in [0.1, 0.15) is 22.9 Å². The van der Waals surface area contributed by atoms with Gasteiger partial charge in [0.25, 0.3) is 5.91 Å². The van der Waals surface area contributed by atoms with Crippen LogP contribution >= 0.6 is 11.8 Å². The molecule has 1 atom stereocenters. The largest absolute Gasteiger partial charge is 0.482 e. The molecule has 6 rings (SSSR count). The number of amides is 1. The Labute approximate surface area is 259 Å². The molecule has 1 saturated heterocycles. The maximum atomic E-state index is 14.0. The minimum absolute atomic E-state index is 0.0885. The number of pyridine rings is 1. The van der Waals surface area contributed by atoms with E-state index >= 15 is 0 Å². The maximum absolute atomic E-state index is 14.0. The Hall–Kier alpha value is -5.15. The molecule has 9 heteroatoms. The van der Waals surface area contributed by atoms with Crippen LogP contribution in [0.2, 0.25) is 0 Å². The zero-order valence-electron chi connectivity index (χ0n) is 23.6. The highest BCUT2D eigenvalue weighted by Crippen LogP contribution is 2.45. The fourth-order valence-electron chi connectivity index (χ4n) is 4.95. The number of nitrogens with zero attached hydrogens (tertiary/aromatic N) is 2. The number of β-lactam (4-membered cyclic amide) rings is 1. The van der Waals surface area contributed by atoms with Gasteiger partial charge in [-0.15, -0.1) is 11.8 Å². The van der Waals surface area contributed by atoms with Crippen LogP contribution in [0.4, 0.5) is 0 Å². The van der Waals surface area contributed by atoms with Crippen molar-refractivity contribution in [2.75, 3.05) is 19.0 Å². The molecule has 1 fully saturated rings. The Morgan fingerprint density at radius 3 is 2.16 bits per heavy atom. The van der Waals surface area contributed by atoms with Crippen molar-refractivity contribution < 1.29 is 28.6 Å². The van der Waals surface area contributed by atoms with E-state index in [2.05, 4.69) is 4.98 Å². The summed E-state index contributed by atoms with van der Waals surface area (Å²) in [6.45, 7) is -0.484. The average Bonchev–Trinajstić information content (AvgIpc) is 3.08. The van der Waals surface area contributed by atoms with E-state index in [0.717, 1.165) is 11.1 Å². The summed E-state index contributed by atoms with van der Waals surface area (Å²) < 4.78 is 17.2. The van der Waals surface area contributed by atoms with Crippen LogP contribution in [0.25, 0.3) is 6.08 Å². The molecule has 0 radical (unpaired) electrons. The molecule has 1 aromatic heterocycles. The summed E-state index contributed by atoms with van der Waals surface area (Å²) in [5, 5.41) is -0.403. The Kier molecular flexibility index (Phi) is 8.84. The summed E-state index contributed by atoms with van der Waals surface area (Å²) in [4.78, 5) is 45.9. The number of para-hydroxylation sites is 1. The van der Waals surface area contributed by atoms with Crippen LogP contribution in [-0.4, -0.2) is 52.1 Å². The van der Waals surface area contributed by atoms with Crippen LogP contribution in [0, 0.1) is 0 Å². The molecule has 2 aliphatic heterocycles. The molecule has 220 valence electrons. The Bertz CT molecular complexity index is 1660. The number of thioether (sulfide) groups is 1. The lowest BCUT2D eigenvalue weighted by Gasteiger charge is -2.46. The molecule has 8 nitrogen and oxygen atoms in total. The number of rotatable bonds is 10. The number of fused-ring (bicyclic) bond motifs is 1. The number of hydrogen-bond donors (Lipinski definition) is 0. The molecule has 2 aliphatic rings. The first-order valence-corrected chi connectivity index (χ1v) is 15.1. The normalized spacial score (nSPS) is 16.8. The van der Waals surface area contributed by atoms with Gasteiger partial charge in [0, 0.05) is 17.5 Å². The van der Waals surface area contributed by atoms with Gasteiger partial charge in [0.1, 0.15) is 23.4 Å². The van der Waals surface area contributed by atoms with Gasteiger partial charge >= 0.3 is 11.9 Å². The van der Waals surface area contributed by atoms with Crippen LogP contribution in [0.15, 0.2) is 132 Å². The number of hydrogen-bond acceptors (Lipinski definition) is 8. The summed E-state index contributed by atoms with van der Waals surface area (Å²) in [6.07, 6.45) is 2.68. The first-order chi connectivity index (χ1) is 21.6. The maximum Gasteiger partial charge on any atom is 0.356 e. The number of carbonyl (C=O) groups excluding carboxylic acids is 3. The Balaban J connectivity index is 1.27. The number of aromatic nitrogens is 1. The highest BCUT2D eigenvalue weighted by Gasteiger charge is 2.50. The molecule has 0 N–H and O–H groups in total. The highest BCUT2D eigenvalue weighted by atomic mass is 32.2. The van der Waals surface area contributed by atoms with Crippen LogP contribution in [-0.2, 0) is 23.9 Å². The number of carbonyl (C=O) groups is 3. The van der Waals surface area contributed by atoms with Crippen molar-refractivity contribution >= 4 is 35.7 Å². The lowest BCUT2D eigenvalue weighted by Crippen LogP contribution is -2.56. The van der Waals surface area contributed by atoms with Crippen LogP contribution < -0.4 is 4.74 Å². The zero-order valence-corrected chi connectivity index (χ0v) is 24.4. The van der Waals surface area contributed by atoms with E-state index in [1.807, 2.05) is 78.9 Å². The van der Waals surface area contributed by atoms with E-state index in [0.29, 0.717) is 28.3 Å². The fraction of sp³-hybridized carbons (Fsp3) is 0.143. The molecule has 0 aliphatic carbocycles. The number of benzene rings is 3. The van der Waals surface area contributed by atoms with Gasteiger partial charge in [-0.3, -0.25) is 14.7 Å². The molecular formula is C35H28N2O6S. The van der Waals surface area contributed by atoms with Crippen LogP contribution in [0.5, 0.6) is 5.75 Å². The zero-order chi connectivity index (χ0) is 30.3. The Morgan fingerprint density at radius 1 is 0.886 bits per heavy atom. The highest BCUT2D eigenvalue weighted by molar-refractivity contribution is 8.00. The van der Waals surface area contributed by atoms with Crippen molar-refractivity contribution in [3.63, 3.8) is 0 Å². The summed E-state index contributed by atoms with van der Waals surface area (Å²) in [7, 11) is 0. The molecule has 0 unspecified atom stereocenters. The lowest BCUT2D eigenvalue weighted by molar-refractivity contribution is -0.149. The Morgan fingerprint density at radius 2 is 1.52 bits per heavy atom. The quantitative estimate of drug-likeness (QED) is 0.131. The average molecular weight is 605 g/mol. The predicted octanol–water partition coefficient (Wildman–Crippen LogP) is 5.59. The third-order valence-electron chi connectivity index (χ3n) is 7.08. The lowest BCUT2D eigenvalue weighted by atomic mass is 10.00. The van der Waals surface area contributed by atoms with Crippen molar-refractivity contribution in [3.05, 3.63) is 149 Å². The topological polar surface area (TPSA) is 95.0 Å². The van der Waals surface area contributed by atoms with Gasteiger partial charge < -0.3 is 14.2 Å². The molecule has 0 spiro atoms. The van der Waals surface area contributed by atoms with E-state index in [4.69, 9.17) is 14.2 Å². The molecule has 44 heavy (non-hydrogen) atoms. The third-order valence-corrected chi connectivity index (χ3v) is 8.37. The molecule has 4 aromatic rings. The van der Waals surface area contributed by atoms with Gasteiger partial charge in [0.05, 0.1) is 11.3 Å². The van der Waals surface area contributed by atoms with E-state index in [1.165, 1.54) is 16.7 Å². The second kappa shape index (κ2) is 13.4. The molecule has 0 bridgehead atoms. The van der Waals surface area contributed by atoms with Crippen molar-refractivity contribution in [1.82, 2.24) is 9.88 Å². The van der Waals surface area contributed by atoms with Crippen molar-refractivity contribution in [2.24, 2.45) is 0 Å². The van der Waals surface area contributed by atoms with Gasteiger partial charge in [-0.25, -0.2) is 9.59 Å². The van der Waals surface area contributed by atoms with Crippen molar-refractivity contribution in [3.8, 4) is 5.75 Å². The van der Waals surface area contributed by atoms with Gasteiger partial charge in [0.15, 0.2) is 12.7 Å². The minimum atomic E-state index is -0.714. The molecule has 1 amide bonds. The molecule has 0 saturated carbocycles. The second-order valence-corrected chi connectivity index (χ2v) is 11.1. The van der Waals surface area contributed by atoms with E-state index in [9.17, 15) is 14.4 Å². The first kappa shape index (κ1) is 28.9. The van der Waals surface area contributed by atoms with Gasteiger partial charge in [-0.2, -0.15) is 0 Å². The third kappa shape index (κ3) is 6.43. The minimum Gasteiger partial charge on any atom is -0.482 e. The number of esters is 2. The van der Waals surface area contributed by atoms with E-state index in [1.54, 1.807) is 42.6 Å². The smallest absolute Gasteiger partial charge is 0.356 e. The monoisotopic (exact) mass is 604 g/mol. The molecular weight excluding hydrogens is 576 g/mol. The standard InChI is InChI=1S/C35H28N2O6S/c38-30(22-41-28-17-8-3-9-18-28)42-21-26-23-44-34-29(20-27-16-10-11-19-36-27)33(39)37(34)31(26)35(40)43-32(24-12-4-1-5-13-24)25-14-6-2-7-15-25/h1-20,32,34H,21-23H2/b29-20-/t34-/m1/s1. The first-order valence-electron chi connectivity index (χ1n) is 14.0. The van der Waals surface area contributed by atoms with E-state index < -0.39 is 23.4 Å². The summed E-state index contributed by atoms with van der Waals surface area (Å²) >= 11 is 1.47. The summed E-state index contributed by atoms with van der Waals surface area (Å²) in [6, 6.07) is 33.2. The van der Waals surface area contributed by atoms with Gasteiger partial charge in [-0.1, -0.05) is 84.9 Å². The second-order valence-electron chi connectivity index (χ2n) is 10.0. The fourth-order valence-corrected chi connectivity index (χ4v) is 6.22. The van der Waals surface area contributed by atoms with Gasteiger partial charge in [-0.05, 0) is 41.5 Å². The van der Waals surface area contributed by atoms with Crippen molar-refractivity contribution in [1.29, 1.82) is 0 Å².